The number of carbonyl (C=O) groups is 2. The number of para-hydroxylation sites is 1. The van der Waals surface area contributed by atoms with Crippen molar-refractivity contribution in [3.63, 3.8) is 0 Å². The van der Waals surface area contributed by atoms with E-state index >= 15 is 0 Å². The number of benzene rings is 2. The number of nitrogens with two attached hydrogens (primary N) is 1. The normalized spacial score (nSPS) is 10.1. The van der Waals surface area contributed by atoms with Crippen molar-refractivity contribution >= 4 is 29.1 Å². The van der Waals surface area contributed by atoms with Gasteiger partial charge in [0.2, 0.25) is 0 Å². The lowest BCUT2D eigenvalue weighted by Gasteiger charge is -2.11. The number of aryl methyl sites for hydroxylation is 1. The number of carbonyl (C=O) groups excluding carboxylic acids is 2. The fourth-order valence-corrected chi connectivity index (χ4v) is 2.14. The van der Waals surface area contributed by atoms with Crippen LogP contribution in [0.1, 0.15) is 15.9 Å². The highest BCUT2D eigenvalue weighted by Gasteiger charge is 2.11. The summed E-state index contributed by atoms with van der Waals surface area (Å²) in [5.74, 6) is -0.420. The van der Waals surface area contributed by atoms with Crippen molar-refractivity contribution in [2.75, 3.05) is 11.9 Å². The minimum Gasteiger partial charge on any atom is -0.483 e. The Hall–Kier alpha value is -2.53. The van der Waals surface area contributed by atoms with Crippen molar-refractivity contribution in [1.82, 2.24) is 0 Å². The number of anilines is 1. The van der Waals surface area contributed by atoms with Gasteiger partial charge in [0.15, 0.2) is 6.61 Å². The SMILES string of the molecule is Cc1cc(Cl)ccc1OCC(=O)Nc1ccccc1C(N)=O. The summed E-state index contributed by atoms with van der Waals surface area (Å²) in [6, 6.07) is 11.6. The number of rotatable bonds is 5. The zero-order chi connectivity index (χ0) is 16.1. The van der Waals surface area contributed by atoms with Crippen LogP contribution < -0.4 is 15.8 Å². The highest BCUT2D eigenvalue weighted by atomic mass is 35.5. The van der Waals surface area contributed by atoms with Crippen LogP contribution in [-0.2, 0) is 4.79 Å². The Kier molecular flexibility index (Phi) is 5.01. The minimum atomic E-state index is -0.606. The molecule has 0 fully saturated rings. The fraction of sp³-hybridized carbons (Fsp3) is 0.125. The van der Waals surface area contributed by atoms with Gasteiger partial charge in [-0.25, -0.2) is 0 Å². The van der Waals surface area contributed by atoms with Gasteiger partial charge in [0.05, 0.1) is 11.3 Å². The van der Waals surface area contributed by atoms with Gasteiger partial charge in [-0.1, -0.05) is 23.7 Å². The zero-order valence-electron chi connectivity index (χ0n) is 11.9. The summed E-state index contributed by atoms with van der Waals surface area (Å²) in [5.41, 5.74) is 6.69. The summed E-state index contributed by atoms with van der Waals surface area (Å²) in [5, 5.41) is 3.20. The number of hydrogen-bond donors (Lipinski definition) is 2. The zero-order valence-corrected chi connectivity index (χ0v) is 12.7. The summed E-state index contributed by atoms with van der Waals surface area (Å²) >= 11 is 5.86. The number of amides is 2. The molecule has 22 heavy (non-hydrogen) atoms. The third-order valence-electron chi connectivity index (χ3n) is 2.96. The summed E-state index contributed by atoms with van der Waals surface area (Å²) in [7, 11) is 0. The smallest absolute Gasteiger partial charge is 0.262 e. The fourth-order valence-electron chi connectivity index (χ4n) is 1.91. The van der Waals surface area contributed by atoms with Crippen LogP contribution in [-0.4, -0.2) is 18.4 Å². The van der Waals surface area contributed by atoms with E-state index in [1.165, 1.54) is 0 Å². The summed E-state index contributed by atoms with van der Waals surface area (Å²) in [4.78, 5) is 23.2. The molecule has 2 aromatic carbocycles. The lowest BCUT2D eigenvalue weighted by molar-refractivity contribution is -0.118. The predicted molar refractivity (Wildman–Crippen MR) is 85.3 cm³/mol. The van der Waals surface area contributed by atoms with Gasteiger partial charge in [-0.2, -0.15) is 0 Å². The maximum Gasteiger partial charge on any atom is 0.262 e. The number of primary amides is 1. The van der Waals surface area contributed by atoms with Gasteiger partial charge >= 0.3 is 0 Å². The first kappa shape index (κ1) is 15.9. The van der Waals surface area contributed by atoms with Crippen LogP contribution in [0, 0.1) is 6.92 Å². The Labute approximate surface area is 133 Å². The Morgan fingerprint density at radius 3 is 2.64 bits per heavy atom. The molecule has 0 saturated heterocycles. The van der Waals surface area contributed by atoms with E-state index in [9.17, 15) is 9.59 Å². The molecular weight excluding hydrogens is 304 g/mol. The van der Waals surface area contributed by atoms with Crippen molar-refractivity contribution in [2.24, 2.45) is 5.73 Å². The molecule has 114 valence electrons. The minimum absolute atomic E-state index is 0.185. The van der Waals surface area contributed by atoms with Crippen LogP contribution >= 0.6 is 11.6 Å². The Morgan fingerprint density at radius 1 is 1.23 bits per heavy atom. The van der Waals surface area contributed by atoms with Crippen LogP contribution in [0.2, 0.25) is 5.02 Å². The predicted octanol–water partition coefficient (Wildman–Crippen LogP) is 2.76. The molecule has 0 unspecified atom stereocenters. The molecule has 0 spiro atoms. The molecule has 0 aliphatic rings. The molecule has 0 aliphatic heterocycles. The van der Waals surface area contributed by atoms with E-state index in [1.807, 2.05) is 6.92 Å². The molecule has 5 nitrogen and oxygen atoms in total. The lowest BCUT2D eigenvalue weighted by Crippen LogP contribution is -2.23. The molecular formula is C16H15ClN2O3. The van der Waals surface area contributed by atoms with Gasteiger partial charge < -0.3 is 15.8 Å². The van der Waals surface area contributed by atoms with Crippen molar-refractivity contribution < 1.29 is 14.3 Å². The average molecular weight is 319 g/mol. The van der Waals surface area contributed by atoms with Crippen molar-refractivity contribution in [3.05, 3.63) is 58.6 Å². The van der Waals surface area contributed by atoms with Gasteiger partial charge in [-0.15, -0.1) is 0 Å². The Bertz CT molecular complexity index is 716. The molecule has 0 atom stereocenters. The topological polar surface area (TPSA) is 81.4 Å². The van der Waals surface area contributed by atoms with Crippen LogP contribution in [0.4, 0.5) is 5.69 Å². The molecule has 2 aromatic rings. The molecule has 0 aliphatic carbocycles. The number of halogens is 1. The highest BCUT2D eigenvalue weighted by molar-refractivity contribution is 6.30. The Balaban J connectivity index is 2.00. The quantitative estimate of drug-likeness (QED) is 0.889. The first-order valence-corrected chi connectivity index (χ1v) is 6.93. The first-order valence-electron chi connectivity index (χ1n) is 6.55. The highest BCUT2D eigenvalue weighted by Crippen LogP contribution is 2.22. The van der Waals surface area contributed by atoms with E-state index in [2.05, 4.69) is 5.32 Å². The van der Waals surface area contributed by atoms with Crippen LogP contribution in [0.25, 0.3) is 0 Å². The molecule has 0 radical (unpaired) electrons. The second-order valence-corrected chi connectivity index (χ2v) is 5.09. The van der Waals surface area contributed by atoms with E-state index in [0.29, 0.717) is 16.5 Å². The number of nitrogens with one attached hydrogen (secondary N) is 1. The largest absolute Gasteiger partial charge is 0.483 e. The van der Waals surface area contributed by atoms with E-state index in [1.54, 1.807) is 42.5 Å². The van der Waals surface area contributed by atoms with Crippen LogP contribution in [0.15, 0.2) is 42.5 Å². The van der Waals surface area contributed by atoms with Gasteiger partial charge in [-0.05, 0) is 42.8 Å². The molecule has 0 saturated carbocycles. The van der Waals surface area contributed by atoms with Crippen molar-refractivity contribution in [3.8, 4) is 5.75 Å². The van der Waals surface area contributed by atoms with E-state index in [4.69, 9.17) is 22.1 Å². The molecule has 0 heterocycles. The molecule has 2 amide bonds. The monoisotopic (exact) mass is 318 g/mol. The van der Waals surface area contributed by atoms with E-state index in [0.717, 1.165) is 5.56 Å². The second-order valence-electron chi connectivity index (χ2n) is 4.66. The molecule has 2 rings (SSSR count). The molecule has 0 aromatic heterocycles. The average Bonchev–Trinajstić information content (AvgIpc) is 2.46. The third kappa shape index (κ3) is 3.99. The van der Waals surface area contributed by atoms with Crippen LogP contribution in [0.5, 0.6) is 5.75 Å². The Morgan fingerprint density at radius 2 is 1.95 bits per heavy atom. The number of ether oxygens (including phenoxy) is 1. The number of hydrogen-bond acceptors (Lipinski definition) is 3. The summed E-state index contributed by atoms with van der Waals surface area (Å²) in [6.07, 6.45) is 0. The molecule has 3 N–H and O–H groups in total. The van der Waals surface area contributed by atoms with Gasteiger partial charge in [0, 0.05) is 5.02 Å². The lowest BCUT2D eigenvalue weighted by atomic mass is 10.1. The maximum absolute atomic E-state index is 11.9. The van der Waals surface area contributed by atoms with Gasteiger partial charge in [0.1, 0.15) is 5.75 Å². The van der Waals surface area contributed by atoms with Crippen molar-refractivity contribution in [1.29, 1.82) is 0 Å². The third-order valence-corrected chi connectivity index (χ3v) is 3.20. The van der Waals surface area contributed by atoms with Gasteiger partial charge in [0.25, 0.3) is 11.8 Å². The standard InChI is InChI=1S/C16H15ClN2O3/c1-10-8-11(17)6-7-14(10)22-9-15(20)19-13-5-3-2-4-12(13)16(18)21/h2-8H,9H2,1H3,(H2,18,21)(H,19,20). The van der Waals surface area contributed by atoms with E-state index < -0.39 is 5.91 Å². The van der Waals surface area contributed by atoms with E-state index in [-0.39, 0.29) is 18.1 Å². The summed E-state index contributed by atoms with van der Waals surface area (Å²) in [6.45, 7) is 1.65. The second kappa shape index (κ2) is 6.95. The van der Waals surface area contributed by atoms with Gasteiger partial charge in [-0.3, -0.25) is 9.59 Å². The van der Waals surface area contributed by atoms with Crippen LogP contribution in [0.3, 0.4) is 0 Å². The molecule has 6 heteroatoms. The van der Waals surface area contributed by atoms with Crippen molar-refractivity contribution in [2.45, 2.75) is 6.92 Å². The molecule has 0 bridgehead atoms. The first-order chi connectivity index (χ1) is 10.5. The maximum atomic E-state index is 11.9. The summed E-state index contributed by atoms with van der Waals surface area (Å²) < 4.78 is 5.44.